The summed E-state index contributed by atoms with van der Waals surface area (Å²) >= 11 is 0. The molecule has 96 valence electrons. The van der Waals surface area contributed by atoms with E-state index >= 15 is 0 Å². The van der Waals surface area contributed by atoms with Crippen molar-refractivity contribution in [1.82, 2.24) is 0 Å². The quantitative estimate of drug-likeness (QED) is 0.817. The number of fused-ring (bicyclic) bond motifs is 1. The number of aromatic carboxylic acids is 1. The molecule has 0 aliphatic rings. The summed E-state index contributed by atoms with van der Waals surface area (Å²) in [7, 11) is 0. The van der Waals surface area contributed by atoms with Crippen molar-refractivity contribution in [3.8, 4) is 0 Å². The molecule has 2 rings (SSSR count). The molecule has 0 radical (unpaired) electrons. The predicted molar refractivity (Wildman–Crippen MR) is 78.7 cm³/mol. The highest BCUT2D eigenvalue weighted by molar-refractivity contribution is 5.97. The third-order valence-electron chi connectivity index (χ3n) is 3.15. The number of hydrogen-bond donors (Lipinski definition) is 1. The van der Waals surface area contributed by atoms with Crippen molar-refractivity contribution in [3.63, 3.8) is 0 Å². The lowest BCUT2D eigenvalue weighted by Gasteiger charge is -2.10. The summed E-state index contributed by atoms with van der Waals surface area (Å²) in [5.41, 5.74) is 2.41. The highest BCUT2D eigenvalue weighted by Gasteiger charge is 2.10. The van der Waals surface area contributed by atoms with E-state index in [1.54, 1.807) is 18.2 Å². The Morgan fingerprint density at radius 3 is 2.37 bits per heavy atom. The Hall–Kier alpha value is -2.35. The van der Waals surface area contributed by atoms with E-state index in [0.717, 1.165) is 28.3 Å². The molecular formula is C17H16O2. The number of carboxylic acid groups (broad SMARTS) is 1. The lowest BCUT2D eigenvalue weighted by Crippen LogP contribution is -1.99. The fourth-order valence-electron chi connectivity index (χ4n) is 2.31. The number of carbonyl (C=O) groups is 1. The van der Waals surface area contributed by atoms with Crippen LogP contribution in [-0.2, 0) is 12.8 Å². The van der Waals surface area contributed by atoms with Gasteiger partial charge in [-0.25, -0.2) is 4.79 Å². The van der Waals surface area contributed by atoms with Gasteiger partial charge in [-0.15, -0.1) is 13.2 Å². The third kappa shape index (κ3) is 2.58. The van der Waals surface area contributed by atoms with Crippen LogP contribution in [0.5, 0.6) is 0 Å². The Morgan fingerprint density at radius 1 is 1.05 bits per heavy atom. The first-order chi connectivity index (χ1) is 9.17. The summed E-state index contributed by atoms with van der Waals surface area (Å²) in [5.74, 6) is -0.902. The fourth-order valence-corrected chi connectivity index (χ4v) is 2.31. The second-order valence-corrected chi connectivity index (χ2v) is 4.44. The Bertz CT molecular complexity index is 654. The lowest BCUT2D eigenvalue weighted by atomic mass is 9.94. The normalized spacial score (nSPS) is 10.3. The molecule has 0 aromatic heterocycles. The topological polar surface area (TPSA) is 37.3 Å². The Kier molecular flexibility index (Phi) is 3.81. The second kappa shape index (κ2) is 5.53. The van der Waals surface area contributed by atoms with Crippen LogP contribution in [-0.4, -0.2) is 11.1 Å². The minimum atomic E-state index is -0.902. The second-order valence-electron chi connectivity index (χ2n) is 4.44. The average Bonchev–Trinajstić information content (AvgIpc) is 2.40. The summed E-state index contributed by atoms with van der Waals surface area (Å²) in [5, 5.41) is 11.3. The van der Waals surface area contributed by atoms with Crippen molar-refractivity contribution >= 4 is 16.7 Å². The van der Waals surface area contributed by atoms with E-state index in [1.165, 1.54) is 0 Å². The van der Waals surface area contributed by atoms with Crippen LogP contribution in [0.15, 0.2) is 55.6 Å². The summed E-state index contributed by atoms with van der Waals surface area (Å²) in [6.07, 6.45) is 5.01. The molecule has 0 amide bonds. The van der Waals surface area contributed by atoms with Gasteiger partial charge in [0.25, 0.3) is 0 Å². The summed E-state index contributed by atoms with van der Waals surface area (Å²) in [4.78, 5) is 11.2. The largest absolute Gasteiger partial charge is 0.478 e. The Balaban J connectivity index is 2.77. The zero-order valence-corrected chi connectivity index (χ0v) is 10.7. The van der Waals surface area contributed by atoms with E-state index in [0.29, 0.717) is 12.0 Å². The van der Waals surface area contributed by atoms with Crippen LogP contribution in [0.2, 0.25) is 0 Å². The van der Waals surface area contributed by atoms with Crippen molar-refractivity contribution in [2.24, 2.45) is 0 Å². The summed E-state index contributed by atoms with van der Waals surface area (Å²) < 4.78 is 0. The molecule has 2 nitrogen and oxygen atoms in total. The van der Waals surface area contributed by atoms with Crippen LogP contribution in [0.25, 0.3) is 10.8 Å². The molecule has 0 aliphatic carbocycles. The first-order valence-corrected chi connectivity index (χ1v) is 6.17. The van der Waals surface area contributed by atoms with Gasteiger partial charge in [0, 0.05) is 0 Å². The minimum Gasteiger partial charge on any atom is -0.478 e. The standard InChI is InChI=1S/C17H16O2/c1-3-6-12-8-5-9-15-13(7-4-2)10-14(17(18)19)11-16(12)15/h3-5,8-11H,1-2,6-7H2,(H,18,19). The van der Waals surface area contributed by atoms with E-state index in [4.69, 9.17) is 0 Å². The highest BCUT2D eigenvalue weighted by atomic mass is 16.4. The van der Waals surface area contributed by atoms with Crippen molar-refractivity contribution < 1.29 is 9.90 Å². The third-order valence-corrected chi connectivity index (χ3v) is 3.15. The van der Waals surface area contributed by atoms with Gasteiger partial charge in [0.15, 0.2) is 0 Å². The monoisotopic (exact) mass is 252 g/mol. The van der Waals surface area contributed by atoms with E-state index in [1.807, 2.05) is 24.3 Å². The van der Waals surface area contributed by atoms with Crippen LogP contribution < -0.4 is 0 Å². The van der Waals surface area contributed by atoms with Crippen molar-refractivity contribution in [2.45, 2.75) is 12.8 Å². The van der Waals surface area contributed by atoms with Crippen molar-refractivity contribution in [3.05, 3.63) is 72.3 Å². The fraction of sp³-hybridized carbons (Fsp3) is 0.118. The SMILES string of the molecule is C=CCc1cc(C(=O)O)cc2c(CC=C)cccc12. The zero-order valence-electron chi connectivity index (χ0n) is 10.7. The number of rotatable bonds is 5. The summed E-state index contributed by atoms with van der Waals surface area (Å²) in [6, 6.07) is 9.49. The molecule has 2 aromatic carbocycles. The first kappa shape index (κ1) is 13.1. The van der Waals surface area contributed by atoms with Gasteiger partial charge in [0.1, 0.15) is 0 Å². The minimum absolute atomic E-state index is 0.320. The smallest absolute Gasteiger partial charge is 0.335 e. The molecule has 0 atom stereocenters. The number of benzene rings is 2. The molecule has 0 spiro atoms. The van der Waals surface area contributed by atoms with Gasteiger partial charge >= 0.3 is 5.97 Å². The van der Waals surface area contributed by atoms with Gasteiger partial charge < -0.3 is 5.11 Å². The molecule has 0 unspecified atom stereocenters. The predicted octanol–water partition coefficient (Wildman–Crippen LogP) is 4.00. The van der Waals surface area contributed by atoms with E-state index in [9.17, 15) is 9.90 Å². The van der Waals surface area contributed by atoms with Crippen LogP contribution in [0.1, 0.15) is 21.5 Å². The first-order valence-electron chi connectivity index (χ1n) is 6.17. The van der Waals surface area contributed by atoms with Crippen LogP contribution in [0, 0.1) is 0 Å². The van der Waals surface area contributed by atoms with E-state index in [2.05, 4.69) is 13.2 Å². The molecule has 0 bridgehead atoms. The van der Waals surface area contributed by atoms with Gasteiger partial charge in [-0.3, -0.25) is 0 Å². The van der Waals surface area contributed by atoms with Gasteiger partial charge in [0.2, 0.25) is 0 Å². The highest BCUT2D eigenvalue weighted by Crippen LogP contribution is 2.26. The lowest BCUT2D eigenvalue weighted by molar-refractivity contribution is 0.0697. The average molecular weight is 252 g/mol. The molecule has 0 heterocycles. The summed E-state index contributed by atoms with van der Waals surface area (Å²) in [6.45, 7) is 7.48. The maximum Gasteiger partial charge on any atom is 0.335 e. The molecule has 0 fully saturated rings. The maximum absolute atomic E-state index is 11.2. The van der Waals surface area contributed by atoms with E-state index < -0.39 is 5.97 Å². The zero-order chi connectivity index (χ0) is 13.8. The molecule has 2 heteroatoms. The van der Waals surface area contributed by atoms with Crippen LogP contribution in [0.4, 0.5) is 0 Å². The molecular weight excluding hydrogens is 236 g/mol. The van der Waals surface area contributed by atoms with E-state index in [-0.39, 0.29) is 0 Å². The van der Waals surface area contributed by atoms with Gasteiger partial charge in [-0.05, 0) is 46.9 Å². The molecule has 0 aliphatic heterocycles. The van der Waals surface area contributed by atoms with Gasteiger partial charge in [-0.1, -0.05) is 30.4 Å². The van der Waals surface area contributed by atoms with Crippen molar-refractivity contribution in [2.75, 3.05) is 0 Å². The Labute approximate surface area is 112 Å². The molecule has 0 saturated carbocycles. The molecule has 19 heavy (non-hydrogen) atoms. The number of carboxylic acids is 1. The number of hydrogen-bond acceptors (Lipinski definition) is 1. The van der Waals surface area contributed by atoms with Crippen molar-refractivity contribution in [1.29, 1.82) is 0 Å². The van der Waals surface area contributed by atoms with Crippen LogP contribution >= 0.6 is 0 Å². The molecule has 2 aromatic rings. The van der Waals surface area contributed by atoms with Gasteiger partial charge in [0.05, 0.1) is 5.56 Å². The van der Waals surface area contributed by atoms with Crippen LogP contribution in [0.3, 0.4) is 0 Å². The number of allylic oxidation sites excluding steroid dienone is 2. The maximum atomic E-state index is 11.2. The molecule has 0 saturated heterocycles. The Morgan fingerprint density at radius 2 is 1.74 bits per heavy atom. The van der Waals surface area contributed by atoms with Gasteiger partial charge in [-0.2, -0.15) is 0 Å². The molecule has 1 N–H and O–H groups in total.